The molecular formula is C27H52B2NO10PSSi2. The van der Waals surface area contributed by atoms with Crippen molar-refractivity contribution in [1.29, 1.82) is 5.14 Å². The first-order chi connectivity index (χ1) is 22.6. The smallest absolute Gasteiger partial charge is 0.328 e. The molecule has 0 amide bonds. The normalized spacial score (nSPS) is 45.7. The Balaban J connectivity index is 1.38. The SMILES string of the molecule is [2H][Si](C)([B][3H])OCC1OC(C)CC1OP(=S)(OCC1OC(C)CC1O[Si]([2H])(C)[B][3H])O[C@H]1[C@@H](CNC(C)C)OC2OC3CCCC3O[C@@H]21. The number of hydrogen-bond acceptors (Lipinski definition) is 12. The minimum absolute atomic E-state index is 0.0107. The molecular weight excluding hydrogens is 639 g/mol. The van der Waals surface area contributed by atoms with Crippen LogP contribution in [0.3, 0.4) is 0 Å². The van der Waals surface area contributed by atoms with Crippen molar-refractivity contribution in [1.82, 2.24) is 5.32 Å². The molecule has 2 radical (unpaired) electrons. The highest BCUT2D eigenvalue weighted by atomic mass is 32.5. The van der Waals surface area contributed by atoms with E-state index < -0.39 is 73.4 Å². The minimum atomic E-state index is -3.63. The summed E-state index contributed by atoms with van der Waals surface area (Å²) in [7, 11) is -3.99. The molecule has 250 valence electrons. The van der Waals surface area contributed by atoms with Crippen LogP contribution in [-0.4, -0.2) is 137 Å². The van der Waals surface area contributed by atoms with Gasteiger partial charge in [-0.3, -0.25) is 4.52 Å². The summed E-state index contributed by atoms with van der Waals surface area (Å²) in [6.45, 7) is 8.16. The second kappa shape index (κ2) is 16.0. The summed E-state index contributed by atoms with van der Waals surface area (Å²) in [5.41, 5.74) is 0. The third-order valence-electron chi connectivity index (χ3n) is 8.52. The van der Waals surface area contributed by atoms with Crippen LogP contribution in [0.4, 0.5) is 0 Å². The second-order valence-electron chi connectivity index (χ2n) is 12.9. The van der Waals surface area contributed by atoms with Crippen LogP contribution in [-0.2, 0) is 57.9 Å². The van der Waals surface area contributed by atoms with Crippen molar-refractivity contribution in [3.05, 3.63) is 0 Å². The average molecular weight is 698 g/mol. The van der Waals surface area contributed by atoms with Gasteiger partial charge >= 0.3 is 6.72 Å². The van der Waals surface area contributed by atoms with Gasteiger partial charge in [0.05, 0.1) is 49.8 Å². The molecule has 4 saturated heterocycles. The van der Waals surface area contributed by atoms with Gasteiger partial charge in [-0.1, -0.05) is 26.9 Å². The Kier molecular flexibility index (Phi) is 11.2. The summed E-state index contributed by atoms with van der Waals surface area (Å²) in [5, 5.41) is 3.44. The maximum atomic E-state index is 8.43. The summed E-state index contributed by atoms with van der Waals surface area (Å²) in [6.07, 6.45) is -0.875. The van der Waals surface area contributed by atoms with Gasteiger partial charge in [-0.25, -0.2) is 0 Å². The Morgan fingerprint density at radius 3 is 2.34 bits per heavy atom. The third kappa shape index (κ3) is 9.47. The van der Waals surface area contributed by atoms with Crippen LogP contribution in [0.2, 0.25) is 13.1 Å². The molecule has 0 aromatic rings. The zero-order chi connectivity index (χ0) is 34.9. The standard InChI is InChI=1S/C27H52B2NO10PSSi2/c1-15(2)30-12-22-25(26-27(37-22)36-19-9-7-8-18(19)35-26)39-41(42,31-13-23-21(40-44(6)29)11-17(4)33-23)38-20-10-16(3)34-24(20)14-32-43(5)28/h15-30,43-44H,7-14H2,1-6H3/t16?,17?,18?,19?,20?,21?,22-,23?,24?,25+,26-,27?,41?,43?,44?/m1/s1/i28T,29T,43D,44D. The van der Waals surface area contributed by atoms with E-state index in [9.17, 15) is 0 Å². The van der Waals surface area contributed by atoms with Gasteiger partial charge in [-0.15, -0.1) is 0 Å². The monoisotopic (exact) mass is 697 g/mol. The van der Waals surface area contributed by atoms with Crippen molar-refractivity contribution in [2.75, 3.05) is 19.8 Å². The van der Waals surface area contributed by atoms with Crippen LogP contribution in [0, 0.1) is 0 Å². The van der Waals surface area contributed by atoms with Crippen LogP contribution >= 0.6 is 6.72 Å². The molecule has 5 fully saturated rings. The van der Waals surface area contributed by atoms with E-state index in [0.29, 0.717) is 19.4 Å². The fraction of sp³-hybridized carbons (Fsp3) is 1.00. The molecule has 5 aliphatic rings. The average Bonchev–Trinajstić information content (AvgIpc) is 3.78. The van der Waals surface area contributed by atoms with Gasteiger partial charge in [0.25, 0.3) is 0 Å². The first kappa shape index (κ1) is 30.8. The van der Waals surface area contributed by atoms with E-state index in [-0.39, 0.29) is 43.7 Å². The fourth-order valence-corrected chi connectivity index (χ4v) is 10.1. The van der Waals surface area contributed by atoms with Crippen LogP contribution in [0.1, 0.15) is 59.8 Å². The van der Waals surface area contributed by atoms with Crippen molar-refractivity contribution in [3.8, 4) is 0 Å². The van der Waals surface area contributed by atoms with Gasteiger partial charge in [0, 0.05) is 27.9 Å². The molecule has 12 unspecified atom stereocenters. The molecule has 0 bridgehead atoms. The van der Waals surface area contributed by atoms with Gasteiger partial charge in [0.1, 0.15) is 63.0 Å². The van der Waals surface area contributed by atoms with E-state index in [2.05, 4.69) is 19.2 Å². The van der Waals surface area contributed by atoms with Gasteiger partial charge in [0.2, 0.25) is 0 Å². The lowest BCUT2D eigenvalue weighted by molar-refractivity contribution is -0.269. The second-order valence-corrected chi connectivity index (χ2v) is 18.8. The number of fused-ring (bicyclic) bond motifs is 2. The summed E-state index contributed by atoms with van der Waals surface area (Å²) in [6, 6.07) is 0.199. The molecule has 44 heavy (non-hydrogen) atoms. The van der Waals surface area contributed by atoms with E-state index >= 15 is 0 Å². The number of nitrogens with one attached hydrogen (secondary N) is 1. The van der Waals surface area contributed by atoms with E-state index in [1.54, 1.807) is 13.1 Å². The summed E-state index contributed by atoms with van der Waals surface area (Å²) in [5.74, 6) is 0. The molecule has 5 rings (SSSR count). The van der Waals surface area contributed by atoms with Gasteiger partial charge in [-0.05, 0) is 47.6 Å². The van der Waals surface area contributed by atoms with Gasteiger partial charge < -0.3 is 46.9 Å². The first-order valence-corrected chi connectivity index (χ1v) is 22.5. The molecule has 1 N–H and O–H groups in total. The number of rotatable bonds is 17. The van der Waals surface area contributed by atoms with E-state index in [1.807, 2.05) is 13.8 Å². The summed E-state index contributed by atoms with van der Waals surface area (Å²) in [4.78, 5) is 0. The lowest BCUT2D eigenvalue weighted by Gasteiger charge is -2.37. The van der Waals surface area contributed by atoms with Crippen molar-refractivity contribution >= 4 is 51.0 Å². The maximum absolute atomic E-state index is 8.43. The molecule has 17 heteroatoms. The minimum Gasteiger partial charge on any atom is -0.427 e. The van der Waals surface area contributed by atoms with E-state index in [1.165, 1.54) is 0 Å². The van der Waals surface area contributed by atoms with E-state index in [4.69, 9.17) is 63.1 Å². The van der Waals surface area contributed by atoms with Crippen LogP contribution < -0.4 is 5.32 Å². The predicted octanol–water partition coefficient (Wildman–Crippen LogP) is 1.32. The number of hydrogen-bond donors (Lipinski definition) is 1. The van der Waals surface area contributed by atoms with Crippen LogP contribution in [0.25, 0.3) is 0 Å². The molecule has 15 atom stereocenters. The van der Waals surface area contributed by atoms with Gasteiger partial charge in [-0.2, -0.15) is 0 Å². The summed E-state index contributed by atoms with van der Waals surface area (Å²) < 4.78 is 95.6. The predicted molar refractivity (Wildman–Crippen MR) is 178 cm³/mol. The molecule has 4 aliphatic heterocycles. The highest BCUT2D eigenvalue weighted by Crippen LogP contribution is 2.56. The fourth-order valence-electron chi connectivity index (χ4n) is 6.55. The topological polar surface area (TPSA) is 104 Å². The maximum Gasteiger partial charge on any atom is 0.328 e. The van der Waals surface area contributed by atoms with Crippen molar-refractivity contribution < 1.29 is 46.1 Å². The van der Waals surface area contributed by atoms with Crippen LogP contribution in [0.5, 0.6) is 0 Å². The Bertz CT molecular complexity index is 1120. The van der Waals surface area contributed by atoms with Crippen molar-refractivity contribution in [2.45, 2.75) is 152 Å². The lowest BCUT2D eigenvalue weighted by atomic mass is 10.1. The molecule has 0 aromatic heterocycles. The third-order valence-corrected chi connectivity index (χ3v) is 12.1. The molecule has 0 spiro atoms. The largest absolute Gasteiger partial charge is 0.427 e. The molecule has 1 saturated carbocycles. The molecule has 11 nitrogen and oxygen atoms in total. The van der Waals surface area contributed by atoms with Crippen molar-refractivity contribution in [2.24, 2.45) is 0 Å². The van der Waals surface area contributed by atoms with Crippen molar-refractivity contribution in [3.63, 3.8) is 0 Å². The number of ether oxygens (including phenoxy) is 5. The molecule has 4 heterocycles. The van der Waals surface area contributed by atoms with Gasteiger partial charge in [0.15, 0.2) is 6.29 Å². The molecule has 0 aromatic carbocycles. The first-order valence-electron chi connectivity index (χ1n) is 18.1. The lowest BCUT2D eigenvalue weighted by Crippen LogP contribution is -2.49. The zero-order valence-electron chi connectivity index (χ0n) is 30.8. The Hall–Kier alpha value is 0.774. The van der Waals surface area contributed by atoms with Crippen LogP contribution in [0.15, 0.2) is 0 Å². The highest BCUT2D eigenvalue weighted by molar-refractivity contribution is 8.07. The Morgan fingerprint density at radius 1 is 0.955 bits per heavy atom. The highest BCUT2D eigenvalue weighted by Gasteiger charge is 2.55. The zero-order valence-corrected chi connectivity index (χ0v) is 30.5. The van der Waals surface area contributed by atoms with E-state index in [0.717, 1.165) is 34.1 Å². The quantitative estimate of drug-likeness (QED) is 0.175. The Morgan fingerprint density at radius 2 is 1.64 bits per heavy atom. The molecule has 1 aliphatic carbocycles. The summed E-state index contributed by atoms with van der Waals surface area (Å²) >= 11 is 6.21. The Labute approximate surface area is 279 Å².